The molecular formula is C20H23F2NO4. The Morgan fingerprint density at radius 3 is 2.44 bits per heavy atom. The first-order valence-corrected chi connectivity index (χ1v) is 8.63. The summed E-state index contributed by atoms with van der Waals surface area (Å²) in [7, 11) is 0. The van der Waals surface area contributed by atoms with Gasteiger partial charge in [-0.05, 0) is 41.5 Å². The minimum absolute atomic E-state index is 0.0494. The Labute approximate surface area is 156 Å². The molecule has 0 saturated heterocycles. The molecular weight excluding hydrogens is 356 g/mol. The Balaban J connectivity index is 2.02. The van der Waals surface area contributed by atoms with Gasteiger partial charge in [0.2, 0.25) is 5.91 Å². The average molecular weight is 379 g/mol. The molecule has 2 aromatic rings. The molecule has 0 bridgehead atoms. The predicted molar refractivity (Wildman–Crippen MR) is 99.1 cm³/mol. The summed E-state index contributed by atoms with van der Waals surface area (Å²) in [5, 5.41) is 4.64. The van der Waals surface area contributed by atoms with E-state index < -0.39 is 31.0 Å². The van der Waals surface area contributed by atoms with Crippen molar-refractivity contribution in [2.75, 3.05) is 18.5 Å². The second-order valence-corrected chi connectivity index (χ2v) is 6.78. The molecule has 146 valence electrons. The number of benzene rings is 2. The van der Waals surface area contributed by atoms with E-state index in [1.807, 2.05) is 32.9 Å². The first-order chi connectivity index (χ1) is 12.7. The van der Waals surface area contributed by atoms with Crippen molar-refractivity contribution in [3.05, 3.63) is 36.4 Å². The van der Waals surface area contributed by atoms with Crippen LogP contribution in [0.15, 0.2) is 36.4 Å². The Hall–Kier alpha value is -2.70. The number of carbonyl (C=O) groups excluding carboxylic acids is 2. The van der Waals surface area contributed by atoms with E-state index in [0.29, 0.717) is 11.4 Å². The zero-order chi connectivity index (χ0) is 20.0. The summed E-state index contributed by atoms with van der Waals surface area (Å²) in [6.45, 7) is 4.35. The number of hydrogen-bond donors (Lipinski definition) is 1. The number of anilines is 1. The molecule has 5 nitrogen and oxygen atoms in total. The Kier molecular flexibility index (Phi) is 6.71. The molecule has 2 aromatic carbocycles. The zero-order valence-electron chi connectivity index (χ0n) is 15.6. The van der Waals surface area contributed by atoms with Gasteiger partial charge in [0, 0.05) is 11.1 Å². The molecule has 0 fully saturated rings. The number of carbonyl (C=O) groups is 2. The van der Waals surface area contributed by atoms with Crippen LogP contribution in [0.25, 0.3) is 10.8 Å². The Bertz CT molecular complexity index is 821. The topological polar surface area (TPSA) is 64.6 Å². The second kappa shape index (κ2) is 8.79. The standard InChI is InChI=1S/C20H23F2NO4/c1-4-20(2,3)19(25)23-15-7-5-14-10-16(8-6-13(14)9-15)26-12-18(24)27-11-17(21)22/h5-10,17H,4,11-12H2,1-3H3,(H,23,25). The summed E-state index contributed by atoms with van der Waals surface area (Å²) in [6.07, 6.45) is -1.97. The maximum atomic E-state index is 12.3. The van der Waals surface area contributed by atoms with E-state index in [2.05, 4.69) is 10.1 Å². The summed E-state index contributed by atoms with van der Waals surface area (Å²) < 4.78 is 33.6. The van der Waals surface area contributed by atoms with Gasteiger partial charge in [-0.1, -0.05) is 32.9 Å². The van der Waals surface area contributed by atoms with E-state index in [1.54, 1.807) is 24.3 Å². The Morgan fingerprint density at radius 1 is 1.11 bits per heavy atom. The smallest absolute Gasteiger partial charge is 0.344 e. The lowest BCUT2D eigenvalue weighted by Gasteiger charge is -2.21. The first-order valence-electron chi connectivity index (χ1n) is 8.63. The van der Waals surface area contributed by atoms with Crippen molar-refractivity contribution in [2.45, 2.75) is 33.6 Å². The van der Waals surface area contributed by atoms with E-state index in [0.717, 1.165) is 17.2 Å². The molecule has 0 spiro atoms. The average Bonchev–Trinajstić information content (AvgIpc) is 2.64. The molecule has 0 heterocycles. The number of nitrogens with one attached hydrogen (secondary N) is 1. The van der Waals surface area contributed by atoms with E-state index >= 15 is 0 Å². The molecule has 27 heavy (non-hydrogen) atoms. The van der Waals surface area contributed by atoms with Crippen LogP contribution in [0.4, 0.5) is 14.5 Å². The molecule has 1 amide bonds. The van der Waals surface area contributed by atoms with Gasteiger partial charge in [-0.2, -0.15) is 0 Å². The highest BCUT2D eigenvalue weighted by atomic mass is 19.3. The van der Waals surface area contributed by atoms with Crippen LogP contribution in [-0.4, -0.2) is 31.5 Å². The van der Waals surface area contributed by atoms with Gasteiger partial charge in [-0.15, -0.1) is 0 Å². The van der Waals surface area contributed by atoms with Gasteiger partial charge in [0.1, 0.15) is 5.75 Å². The van der Waals surface area contributed by atoms with Gasteiger partial charge in [0.25, 0.3) is 6.43 Å². The highest BCUT2D eigenvalue weighted by molar-refractivity contribution is 5.97. The number of alkyl halides is 2. The number of fused-ring (bicyclic) bond motifs is 1. The third kappa shape index (κ3) is 5.91. The quantitative estimate of drug-likeness (QED) is 0.691. The summed E-state index contributed by atoms with van der Waals surface area (Å²) in [6, 6.07) is 10.6. The molecule has 0 unspecified atom stereocenters. The van der Waals surface area contributed by atoms with Gasteiger partial charge in [-0.25, -0.2) is 13.6 Å². The van der Waals surface area contributed by atoms with E-state index in [9.17, 15) is 18.4 Å². The van der Waals surface area contributed by atoms with Crippen LogP contribution >= 0.6 is 0 Å². The molecule has 0 radical (unpaired) electrons. The molecule has 0 aliphatic rings. The van der Waals surface area contributed by atoms with Crippen LogP contribution in [0.2, 0.25) is 0 Å². The van der Waals surface area contributed by atoms with E-state index in [1.165, 1.54) is 0 Å². The Morgan fingerprint density at radius 2 is 1.78 bits per heavy atom. The fraction of sp³-hybridized carbons (Fsp3) is 0.400. The number of halogens is 2. The third-order valence-electron chi connectivity index (χ3n) is 4.30. The van der Waals surface area contributed by atoms with Crippen molar-refractivity contribution < 1.29 is 27.8 Å². The van der Waals surface area contributed by atoms with Gasteiger partial charge < -0.3 is 14.8 Å². The van der Waals surface area contributed by atoms with Crippen LogP contribution in [0, 0.1) is 5.41 Å². The minimum Gasteiger partial charge on any atom is -0.482 e. The van der Waals surface area contributed by atoms with Crippen molar-refractivity contribution in [2.24, 2.45) is 5.41 Å². The first kappa shape index (κ1) is 20.6. The van der Waals surface area contributed by atoms with Crippen LogP contribution in [0.1, 0.15) is 27.2 Å². The van der Waals surface area contributed by atoms with Crippen LogP contribution < -0.4 is 10.1 Å². The fourth-order valence-corrected chi connectivity index (χ4v) is 2.19. The highest BCUT2D eigenvalue weighted by Gasteiger charge is 2.25. The molecule has 0 aliphatic carbocycles. The minimum atomic E-state index is -2.70. The lowest BCUT2D eigenvalue weighted by Crippen LogP contribution is -2.29. The molecule has 0 saturated carbocycles. The van der Waals surface area contributed by atoms with Crippen LogP contribution in [0.5, 0.6) is 5.75 Å². The van der Waals surface area contributed by atoms with Gasteiger partial charge in [0.15, 0.2) is 13.2 Å². The van der Waals surface area contributed by atoms with Gasteiger partial charge in [0.05, 0.1) is 0 Å². The normalized spacial score (nSPS) is 11.5. The molecule has 0 aromatic heterocycles. The number of hydrogen-bond acceptors (Lipinski definition) is 4. The highest BCUT2D eigenvalue weighted by Crippen LogP contribution is 2.26. The second-order valence-electron chi connectivity index (χ2n) is 6.78. The van der Waals surface area contributed by atoms with Crippen LogP contribution in [-0.2, 0) is 14.3 Å². The fourth-order valence-electron chi connectivity index (χ4n) is 2.19. The van der Waals surface area contributed by atoms with Crippen molar-refractivity contribution in [3.8, 4) is 5.75 Å². The molecule has 1 N–H and O–H groups in total. The summed E-state index contributed by atoms with van der Waals surface area (Å²) in [5.41, 5.74) is 0.240. The van der Waals surface area contributed by atoms with Gasteiger partial charge in [-0.3, -0.25) is 4.79 Å². The zero-order valence-corrected chi connectivity index (χ0v) is 15.6. The predicted octanol–water partition coefficient (Wildman–Crippen LogP) is 4.40. The summed E-state index contributed by atoms with van der Waals surface area (Å²) in [4.78, 5) is 23.6. The van der Waals surface area contributed by atoms with Crippen molar-refractivity contribution in [1.82, 2.24) is 0 Å². The number of ether oxygens (including phenoxy) is 2. The van der Waals surface area contributed by atoms with Gasteiger partial charge >= 0.3 is 5.97 Å². The lowest BCUT2D eigenvalue weighted by atomic mass is 9.89. The SMILES string of the molecule is CCC(C)(C)C(=O)Nc1ccc2cc(OCC(=O)OCC(F)F)ccc2c1. The van der Waals surface area contributed by atoms with E-state index in [4.69, 9.17) is 4.74 Å². The largest absolute Gasteiger partial charge is 0.482 e. The molecule has 2 rings (SSSR count). The molecule has 0 atom stereocenters. The van der Waals surface area contributed by atoms with Crippen molar-refractivity contribution >= 4 is 28.3 Å². The number of amides is 1. The van der Waals surface area contributed by atoms with Crippen molar-refractivity contribution in [1.29, 1.82) is 0 Å². The summed E-state index contributed by atoms with van der Waals surface area (Å²) in [5.74, 6) is -0.487. The molecule has 0 aliphatic heterocycles. The third-order valence-corrected chi connectivity index (χ3v) is 4.30. The molecule has 7 heteroatoms. The maximum Gasteiger partial charge on any atom is 0.344 e. The number of esters is 1. The summed E-state index contributed by atoms with van der Waals surface area (Å²) >= 11 is 0. The van der Waals surface area contributed by atoms with Crippen molar-refractivity contribution in [3.63, 3.8) is 0 Å². The maximum absolute atomic E-state index is 12.3. The van der Waals surface area contributed by atoms with Crippen LogP contribution in [0.3, 0.4) is 0 Å². The van der Waals surface area contributed by atoms with E-state index in [-0.39, 0.29) is 5.91 Å². The number of rotatable bonds is 8. The monoisotopic (exact) mass is 379 g/mol. The lowest BCUT2D eigenvalue weighted by molar-refractivity contribution is -0.150.